The average Bonchev–Trinajstić information content (AvgIpc) is 2.61. The lowest BCUT2D eigenvalue weighted by Crippen LogP contribution is -2.31. The molecule has 0 unspecified atom stereocenters. The summed E-state index contributed by atoms with van der Waals surface area (Å²) in [6, 6.07) is 11.2. The van der Waals surface area contributed by atoms with Gasteiger partial charge in [-0.1, -0.05) is 30.3 Å². The van der Waals surface area contributed by atoms with Crippen molar-refractivity contribution in [1.82, 2.24) is 0 Å². The van der Waals surface area contributed by atoms with E-state index in [0.717, 1.165) is 0 Å². The topological polar surface area (TPSA) is 51.0 Å². The van der Waals surface area contributed by atoms with Gasteiger partial charge in [0.25, 0.3) is 11.1 Å². The van der Waals surface area contributed by atoms with Crippen LogP contribution < -0.4 is 9.64 Å². The number of hydrogen-bond acceptors (Lipinski definition) is 3. The van der Waals surface area contributed by atoms with Crippen molar-refractivity contribution in [3.63, 3.8) is 0 Å². The number of para-hydroxylation sites is 1. The number of carbonyl (C=O) groups excluding carboxylic acids is 2. The smallest absolute Gasteiger partial charge is 0.258 e. The zero-order valence-corrected chi connectivity index (χ0v) is 14.0. The molecule has 0 bridgehead atoms. The van der Waals surface area contributed by atoms with Gasteiger partial charge in [0.05, 0.1) is 24.9 Å². The molecule has 0 N–H and O–H groups in total. The van der Waals surface area contributed by atoms with Crippen LogP contribution in [0.2, 0.25) is 0 Å². The molecule has 0 aliphatic heterocycles. The molecule has 0 atom stereocenters. The monoisotopic (exact) mass is 342 g/mol. The third kappa shape index (κ3) is 3.39. The molecule has 0 fully saturated rings. The number of benzene rings is 2. The molecule has 2 rings (SSSR count). The third-order valence-electron chi connectivity index (χ3n) is 3.51. The summed E-state index contributed by atoms with van der Waals surface area (Å²) in [7, 11) is 1.42. The summed E-state index contributed by atoms with van der Waals surface area (Å²) >= 11 is 5.59. The van der Waals surface area contributed by atoms with Crippen LogP contribution in [0.3, 0.4) is 0 Å². The molecule has 0 aliphatic rings. The second kappa shape index (κ2) is 7.62. The first kappa shape index (κ1) is 17.5. The molecule has 1 amide bonds. The van der Waals surface area contributed by atoms with Crippen molar-refractivity contribution in [3.05, 3.63) is 65.0 Å². The SMILES string of the molecule is [C-]#[N+]c1ccc(C(=O)N(CC)c2cccc(C(=O)Cl)c2OC)cc1. The second-order valence-corrected chi connectivity index (χ2v) is 5.18. The van der Waals surface area contributed by atoms with Crippen LogP contribution in [-0.4, -0.2) is 24.8 Å². The largest absolute Gasteiger partial charge is 0.494 e. The fourth-order valence-electron chi connectivity index (χ4n) is 2.36. The lowest BCUT2D eigenvalue weighted by atomic mass is 10.1. The normalized spacial score (nSPS) is 9.92. The van der Waals surface area contributed by atoms with Gasteiger partial charge in [0.1, 0.15) is 0 Å². The summed E-state index contributed by atoms with van der Waals surface area (Å²) in [6.07, 6.45) is 0. The maximum absolute atomic E-state index is 12.8. The fraction of sp³-hybridized carbons (Fsp3) is 0.167. The first-order valence-corrected chi connectivity index (χ1v) is 7.57. The lowest BCUT2D eigenvalue weighted by molar-refractivity contribution is 0.0986. The van der Waals surface area contributed by atoms with E-state index < -0.39 is 5.24 Å². The van der Waals surface area contributed by atoms with Crippen molar-refractivity contribution in [2.75, 3.05) is 18.6 Å². The standard InChI is InChI=1S/C18H15ClN2O3/c1-4-21(18(23)12-8-10-13(20-2)11-9-12)15-7-5-6-14(17(19)22)16(15)24-3/h5-11H,4H2,1,3H3. The van der Waals surface area contributed by atoms with Gasteiger partial charge >= 0.3 is 0 Å². The van der Waals surface area contributed by atoms with Gasteiger partial charge in [-0.3, -0.25) is 9.59 Å². The maximum Gasteiger partial charge on any atom is 0.258 e. The van der Waals surface area contributed by atoms with Crippen LogP contribution in [0.4, 0.5) is 11.4 Å². The number of methoxy groups -OCH3 is 1. The van der Waals surface area contributed by atoms with Crippen molar-refractivity contribution in [2.24, 2.45) is 0 Å². The summed E-state index contributed by atoms with van der Waals surface area (Å²) in [5, 5.41) is -0.654. The predicted molar refractivity (Wildman–Crippen MR) is 93.2 cm³/mol. The summed E-state index contributed by atoms with van der Waals surface area (Å²) in [5.41, 5.74) is 1.56. The number of nitrogens with zero attached hydrogens (tertiary/aromatic N) is 2. The van der Waals surface area contributed by atoms with Crippen LogP contribution in [0, 0.1) is 6.57 Å². The molecule has 0 saturated carbocycles. The van der Waals surface area contributed by atoms with E-state index in [4.69, 9.17) is 22.9 Å². The van der Waals surface area contributed by atoms with Gasteiger partial charge in [-0.2, -0.15) is 0 Å². The number of hydrogen-bond donors (Lipinski definition) is 0. The van der Waals surface area contributed by atoms with E-state index in [9.17, 15) is 9.59 Å². The minimum Gasteiger partial charge on any atom is -0.494 e. The molecule has 2 aromatic rings. The highest BCUT2D eigenvalue weighted by atomic mass is 35.5. The summed E-state index contributed by atoms with van der Waals surface area (Å²) < 4.78 is 5.30. The molecule has 0 aliphatic carbocycles. The summed E-state index contributed by atoms with van der Waals surface area (Å²) in [4.78, 5) is 29.2. The molecular formula is C18H15ClN2O3. The summed E-state index contributed by atoms with van der Waals surface area (Å²) in [5.74, 6) is -0.00280. The zero-order valence-electron chi connectivity index (χ0n) is 13.2. The number of anilines is 1. The molecule has 6 heteroatoms. The average molecular weight is 343 g/mol. The Morgan fingerprint density at radius 3 is 2.38 bits per heavy atom. The molecule has 5 nitrogen and oxygen atoms in total. The van der Waals surface area contributed by atoms with Gasteiger partial charge in [0.2, 0.25) is 0 Å². The van der Waals surface area contributed by atoms with E-state index >= 15 is 0 Å². The van der Waals surface area contributed by atoms with Crippen molar-refractivity contribution < 1.29 is 14.3 Å². The predicted octanol–water partition coefficient (Wildman–Crippen LogP) is 4.29. The van der Waals surface area contributed by atoms with Gasteiger partial charge in [-0.05, 0) is 30.7 Å². The van der Waals surface area contributed by atoms with E-state index in [-0.39, 0.29) is 17.2 Å². The van der Waals surface area contributed by atoms with Crippen LogP contribution in [0.1, 0.15) is 27.6 Å². The van der Waals surface area contributed by atoms with Crippen molar-refractivity contribution >= 4 is 34.1 Å². The number of halogens is 1. The quantitative estimate of drug-likeness (QED) is 0.601. The van der Waals surface area contributed by atoms with E-state index in [1.807, 2.05) is 6.92 Å². The minimum atomic E-state index is -0.654. The van der Waals surface area contributed by atoms with Gasteiger partial charge in [-0.25, -0.2) is 4.85 Å². The van der Waals surface area contributed by atoms with Crippen LogP contribution >= 0.6 is 11.6 Å². The Kier molecular flexibility index (Phi) is 5.56. The molecule has 24 heavy (non-hydrogen) atoms. The van der Waals surface area contributed by atoms with Gasteiger partial charge in [0, 0.05) is 12.1 Å². The van der Waals surface area contributed by atoms with Crippen LogP contribution in [-0.2, 0) is 0 Å². The van der Waals surface area contributed by atoms with E-state index in [2.05, 4.69) is 4.85 Å². The second-order valence-electron chi connectivity index (χ2n) is 4.84. The molecule has 0 saturated heterocycles. The molecule has 0 aromatic heterocycles. The van der Waals surface area contributed by atoms with E-state index in [1.165, 1.54) is 12.0 Å². The third-order valence-corrected chi connectivity index (χ3v) is 3.71. The zero-order chi connectivity index (χ0) is 17.7. The molecule has 0 heterocycles. The Bertz CT molecular complexity index is 810. The Hall–Kier alpha value is -2.84. The first-order chi connectivity index (χ1) is 11.5. The minimum absolute atomic E-state index is 0.200. The highest BCUT2D eigenvalue weighted by molar-refractivity contribution is 6.68. The Balaban J connectivity index is 2.48. The number of ether oxygens (including phenoxy) is 1. The van der Waals surface area contributed by atoms with Crippen molar-refractivity contribution in [2.45, 2.75) is 6.92 Å². The lowest BCUT2D eigenvalue weighted by Gasteiger charge is -2.24. The number of amides is 1. The molecule has 2 aromatic carbocycles. The highest BCUT2D eigenvalue weighted by Gasteiger charge is 2.22. The van der Waals surface area contributed by atoms with Gasteiger partial charge < -0.3 is 9.64 Å². The van der Waals surface area contributed by atoms with Crippen molar-refractivity contribution in [3.8, 4) is 5.75 Å². The Labute approximate surface area is 145 Å². The van der Waals surface area contributed by atoms with E-state index in [1.54, 1.807) is 42.5 Å². The molecule has 0 radical (unpaired) electrons. The van der Waals surface area contributed by atoms with Crippen molar-refractivity contribution in [1.29, 1.82) is 0 Å². The number of rotatable bonds is 5. The molecule has 0 spiro atoms. The maximum atomic E-state index is 12.8. The highest BCUT2D eigenvalue weighted by Crippen LogP contribution is 2.33. The molecule has 122 valence electrons. The summed E-state index contributed by atoms with van der Waals surface area (Å²) in [6.45, 7) is 9.16. The molecular weight excluding hydrogens is 328 g/mol. The van der Waals surface area contributed by atoms with Crippen LogP contribution in [0.5, 0.6) is 5.75 Å². The van der Waals surface area contributed by atoms with Crippen LogP contribution in [0.25, 0.3) is 4.85 Å². The fourth-order valence-corrected chi connectivity index (χ4v) is 2.51. The van der Waals surface area contributed by atoms with Gasteiger partial charge in [0.15, 0.2) is 11.4 Å². The first-order valence-electron chi connectivity index (χ1n) is 7.19. The Morgan fingerprint density at radius 1 is 1.21 bits per heavy atom. The Morgan fingerprint density at radius 2 is 1.88 bits per heavy atom. The van der Waals surface area contributed by atoms with E-state index in [0.29, 0.717) is 23.5 Å². The number of carbonyl (C=O) groups is 2. The van der Waals surface area contributed by atoms with Crippen LogP contribution in [0.15, 0.2) is 42.5 Å². The van der Waals surface area contributed by atoms with Gasteiger partial charge in [-0.15, -0.1) is 0 Å².